The summed E-state index contributed by atoms with van der Waals surface area (Å²) in [6, 6.07) is -0.157. The minimum absolute atomic E-state index is 0.157. The van der Waals surface area contributed by atoms with Crippen LogP contribution in [-0.4, -0.2) is 22.5 Å². The van der Waals surface area contributed by atoms with Crippen molar-refractivity contribution in [3.63, 3.8) is 0 Å². The van der Waals surface area contributed by atoms with Gasteiger partial charge in [0.05, 0.1) is 24.1 Å². The van der Waals surface area contributed by atoms with Crippen LogP contribution in [0.2, 0.25) is 0 Å². The van der Waals surface area contributed by atoms with E-state index in [0.29, 0.717) is 13.1 Å². The topological polar surface area (TPSA) is 66.9 Å². The smallest absolute Gasteiger partial charge is 0.315 e. The molecule has 1 aromatic rings. The predicted octanol–water partition coefficient (Wildman–Crippen LogP) is 1.38. The van der Waals surface area contributed by atoms with Crippen LogP contribution in [0.15, 0.2) is 12.4 Å². The fourth-order valence-electron chi connectivity index (χ4n) is 1.12. The SMILES string of the molecule is CCCCNC(=O)NCc1cnc(C)cn1. The number of carbonyl (C=O) groups is 1. The van der Waals surface area contributed by atoms with Crippen LogP contribution >= 0.6 is 0 Å². The van der Waals surface area contributed by atoms with Crippen LogP contribution in [0.3, 0.4) is 0 Å². The van der Waals surface area contributed by atoms with E-state index in [9.17, 15) is 4.79 Å². The number of aromatic nitrogens is 2. The molecule has 88 valence electrons. The molecule has 1 aromatic heterocycles. The first kappa shape index (κ1) is 12.4. The summed E-state index contributed by atoms with van der Waals surface area (Å²) in [5.74, 6) is 0. The van der Waals surface area contributed by atoms with Crippen LogP contribution in [0.4, 0.5) is 4.79 Å². The molecular weight excluding hydrogens is 204 g/mol. The van der Waals surface area contributed by atoms with E-state index in [1.807, 2.05) is 6.92 Å². The largest absolute Gasteiger partial charge is 0.338 e. The highest BCUT2D eigenvalue weighted by Gasteiger charge is 2.00. The van der Waals surface area contributed by atoms with Gasteiger partial charge in [0.2, 0.25) is 0 Å². The van der Waals surface area contributed by atoms with Gasteiger partial charge < -0.3 is 10.6 Å². The first-order chi connectivity index (χ1) is 7.72. The number of aryl methyl sites for hydroxylation is 1. The zero-order valence-corrected chi connectivity index (χ0v) is 9.79. The molecule has 0 unspecified atom stereocenters. The second kappa shape index (κ2) is 6.76. The number of urea groups is 1. The van der Waals surface area contributed by atoms with E-state index in [0.717, 1.165) is 24.2 Å². The van der Waals surface area contributed by atoms with Gasteiger partial charge in [0, 0.05) is 12.7 Å². The van der Waals surface area contributed by atoms with Crippen molar-refractivity contribution in [2.24, 2.45) is 0 Å². The summed E-state index contributed by atoms with van der Waals surface area (Å²) in [5, 5.41) is 5.49. The van der Waals surface area contributed by atoms with Gasteiger partial charge in [0.25, 0.3) is 0 Å². The summed E-state index contributed by atoms with van der Waals surface area (Å²) in [4.78, 5) is 19.5. The molecule has 0 spiro atoms. The Kier molecular flexibility index (Phi) is 5.25. The fraction of sp³-hybridized carbons (Fsp3) is 0.545. The molecular formula is C11H18N4O. The monoisotopic (exact) mass is 222 g/mol. The van der Waals surface area contributed by atoms with Crippen molar-refractivity contribution in [3.05, 3.63) is 23.8 Å². The van der Waals surface area contributed by atoms with E-state index in [2.05, 4.69) is 27.5 Å². The molecule has 0 fully saturated rings. The second-order valence-electron chi connectivity index (χ2n) is 3.61. The number of nitrogens with zero attached hydrogens (tertiary/aromatic N) is 2. The number of amides is 2. The summed E-state index contributed by atoms with van der Waals surface area (Å²) in [5.41, 5.74) is 1.63. The Labute approximate surface area is 95.7 Å². The number of nitrogens with one attached hydrogen (secondary N) is 2. The summed E-state index contributed by atoms with van der Waals surface area (Å²) in [6.07, 6.45) is 5.43. The van der Waals surface area contributed by atoms with Gasteiger partial charge in [-0.05, 0) is 13.3 Å². The molecule has 0 atom stereocenters. The average Bonchev–Trinajstić information content (AvgIpc) is 2.29. The molecule has 2 amide bonds. The van der Waals surface area contributed by atoms with Gasteiger partial charge >= 0.3 is 6.03 Å². The molecule has 0 aliphatic heterocycles. The number of rotatable bonds is 5. The zero-order chi connectivity index (χ0) is 11.8. The van der Waals surface area contributed by atoms with Crippen molar-refractivity contribution >= 4 is 6.03 Å². The maximum absolute atomic E-state index is 11.3. The summed E-state index contributed by atoms with van der Waals surface area (Å²) < 4.78 is 0. The molecule has 5 heteroatoms. The van der Waals surface area contributed by atoms with E-state index >= 15 is 0 Å². The van der Waals surface area contributed by atoms with Gasteiger partial charge in [-0.15, -0.1) is 0 Å². The van der Waals surface area contributed by atoms with E-state index in [4.69, 9.17) is 0 Å². The fourth-order valence-corrected chi connectivity index (χ4v) is 1.12. The molecule has 1 rings (SSSR count). The third kappa shape index (κ3) is 4.72. The molecule has 0 aliphatic carbocycles. The molecule has 0 aliphatic rings. The summed E-state index contributed by atoms with van der Waals surface area (Å²) in [7, 11) is 0. The second-order valence-corrected chi connectivity index (χ2v) is 3.61. The molecule has 0 saturated carbocycles. The predicted molar refractivity (Wildman–Crippen MR) is 61.9 cm³/mol. The number of hydrogen-bond acceptors (Lipinski definition) is 3. The maximum Gasteiger partial charge on any atom is 0.315 e. The van der Waals surface area contributed by atoms with Crippen LogP contribution in [0.25, 0.3) is 0 Å². The minimum Gasteiger partial charge on any atom is -0.338 e. The van der Waals surface area contributed by atoms with Gasteiger partial charge in [-0.25, -0.2) is 4.79 Å². The van der Waals surface area contributed by atoms with Crippen LogP contribution in [0.1, 0.15) is 31.2 Å². The standard InChI is InChI=1S/C11H18N4O/c1-3-4-5-12-11(16)15-8-10-7-13-9(2)6-14-10/h6-7H,3-5,8H2,1-2H3,(H2,12,15,16). The Morgan fingerprint density at radius 2 is 2.12 bits per heavy atom. The molecule has 0 bridgehead atoms. The highest BCUT2D eigenvalue weighted by molar-refractivity contribution is 5.73. The first-order valence-electron chi connectivity index (χ1n) is 5.51. The Bertz CT molecular complexity index is 323. The Balaban J connectivity index is 2.23. The Morgan fingerprint density at radius 1 is 1.31 bits per heavy atom. The van der Waals surface area contributed by atoms with Crippen LogP contribution in [0.5, 0.6) is 0 Å². The molecule has 1 heterocycles. The van der Waals surface area contributed by atoms with Crippen LogP contribution in [0, 0.1) is 6.92 Å². The third-order valence-electron chi connectivity index (χ3n) is 2.08. The normalized spacial score (nSPS) is 9.88. The lowest BCUT2D eigenvalue weighted by Crippen LogP contribution is -2.35. The lowest BCUT2D eigenvalue weighted by atomic mass is 10.3. The van der Waals surface area contributed by atoms with E-state index < -0.39 is 0 Å². The number of carbonyl (C=O) groups excluding carboxylic acids is 1. The Morgan fingerprint density at radius 3 is 2.75 bits per heavy atom. The molecule has 2 N–H and O–H groups in total. The number of hydrogen-bond donors (Lipinski definition) is 2. The lowest BCUT2D eigenvalue weighted by molar-refractivity contribution is 0.240. The van der Waals surface area contributed by atoms with Crippen molar-refractivity contribution in [1.29, 1.82) is 0 Å². The van der Waals surface area contributed by atoms with Crippen LogP contribution < -0.4 is 10.6 Å². The zero-order valence-electron chi connectivity index (χ0n) is 9.79. The average molecular weight is 222 g/mol. The van der Waals surface area contributed by atoms with Crippen molar-refractivity contribution < 1.29 is 4.79 Å². The summed E-state index contributed by atoms with van der Waals surface area (Å²) >= 11 is 0. The molecule has 5 nitrogen and oxygen atoms in total. The van der Waals surface area contributed by atoms with Crippen molar-refractivity contribution in [1.82, 2.24) is 20.6 Å². The quantitative estimate of drug-likeness (QED) is 0.740. The van der Waals surface area contributed by atoms with Crippen molar-refractivity contribution in [2.75, 3.05) is 6.54 Å². The highest BCUT2D eigenvalue weighted by atomic mass is 16.2. The molecule has 0 radical (unpaired) electrons. The van der Waals surface area contributed by atoms with Crippen molar-refractivity contribution in [2.45, 2.75) is 33.2 Å². The number of unbranched alkanes of at least 4 members (excludes halogenated alkanes) is 1. The first-order valence-corrected chi connectivity index (χ1v) is 5.51. The maximum atomic E-state index is 11.3. The van der Waals surface area contributed by atoms with Gasteiger partial charge in [-0.1, -0.05) is 13.3 Å². The van der Waals surface area contributed by atoms with E-state index in [1.165, 1.54) is 0 Å². The van der Waals surface area contributed by atoms with Gasteiger partial charge in [-0.2, -0.15) is 0 Å². The Hall–Kier alpha value is -1.65. The molecule has 0 saturated heterocycles. The minimum atomic E-state index is -0.157. The van der Waals surface area contributed by atoms with Gasteiger partial charge in [0.15, 0.2) is 0 Å². The molecule has 0 aromatic carbocycles. The van der Waals surface area contributed by atoms with Gasteiger partial charge in [0.1, 0.15) is 0 Å². The molecule has 16 heavy (non-hydrogen) atoms. The van der Waals surface area contributed by atoms with Gasteiger partial charge in [-0.3, -0.25) is 9.97 Å². The van der Waals surface area contributed by atoms with Crippen molar-refractivity contribution in [3.8, 4) is 0 Å². The van der Waals surface area contributed by atoms with Crippen LogP contribution in [-0.2, 0) is 6.54 Å². The highest BCUT2D eigenvalue weighted by Crippen LogP contribution is 1.93. The summed E-state index contributed by atoms with van der Waals surface area (Å²) in [6.45, 7) is 5.08. The van der Waals surface area contributed by atoms with E-state index in [1.54, 1.807) is 12.4 Å². The third-order valence-corrected chi connectivity index (χ3v) is 2.08. The lowest BCUT2D eigenvalue weighted by Gasteiger charge is -2.06. The van der Waals surface area contributed by atoms with E-state index in [-0.39, 0.29) is 6.03 Å².